The molecular weight excluding hydrogens is 407 g/mol. The number of halogens is 1. The van der Waals surface area contributed by atoms with E-state index in [1.54, 1.807) is 19.1 Å². The van der Waals surface area contributed by atoms with Crippen molar-refractivity contribution >= 4 is 17.4 Å². The van der Waals surface area contributed by atoms with Crippen LogP contribution in [0.3, 0.4) is 0 Å². The lowest BCUT2D eigenvalue weighted by atomic mass is 9.99. The maximum atomic E-state index is 13.3. The lowest BCUT2D eigenvalue weighted by Gasteiger charge is -2.30. The van der Waals surface area contributed by atoms with E-state index < -0.39 is 11.9 Å². The Hall–Kier alpha value is -3.48. The Bertz CT molecular complexity index is 1070. The number of nitrogens with one attached hydrogen (secondary N) is 1. The number of amides is 1. The van der Waals surface area contributed by atoms with Gasteiger partial charge in [0.25, 0.3) is 5.91 Å². The van der Waals surface area contributed by atoms with Gasteiger partial charge in [0.1, 0.15) is 11.6 Å². The van der Waals surface area contributed by atoms with Gasteiger partial charge in [0.15, 0.2) is 11.9 Å². The van der Waals surface area contributed by atoms with Crippen LogP contribution in [0.15, 0.2) is 60.7 Å². The van der Waals surface area contributed by atoms with Gasteiger partial charge in [-0.1, -0.05) is 25.1 Å². The Morgan fingerprint density at radius 3 is 2.59 bits per heavy atom. The maximum absolute atomic E-state index is 13.3. The summed E-state index contributed by atoms with van der Waals surface area (Å²) in [7, 11) is 0. The lowest BCUT2D eigenvalue weighted by Crippen LogP contribution is -2.33. The molecule has 1 saturated heterocycles. The zero-order valence-electron chi connectivity index (χ0n) is 18.3. The second-order valence-electron chi connectivity index (χ2n) is 8.23. The summed E-state index contributed by atoms with van der Waals surface area (Å²) in [5.74, 6) is 1.23. The first-order chi connectivity index (χ1) is 15.5. The number of ether oxygens (including phenoxy) is 1. The summed E-state index contributed by atoms with van der Waals surface area (Å²) < 4.78 is 18.9. The summed E-state index contributed by atoms with van der Waals surface area (Å²) in [6.07, 6.45) is 1.56. The zero-order chi connectivity index (χ0) is 22.5. The van der Waals surface area contributed by atoms with Crippen molar-refractivity contribution in [1.29, 1.82) is 0 Å². The quantitative estimate of drug-likeness (QED) is 0.596. The van der Waals surface area contributed by atoms with Crippen LogP contribution >= 0.6 is 0 Å². The fourth-order valence-corrected chi connectivity index (χ4v) is 3.68. The molecule has 0 radical (unpaired) electrons. The predicted molar refractivity (Wildman–Crippen MR) is 123 cm³/mol. The normalized spacial score (nSPS) is 15.3. The van der Waals surface area contributed by atoms with Crippen LogP contribution in [0.4, 0.5) is 15.9 Å². The molecule has 1 unspecified atom stereocenters. The molecular formula is C25H27FN4O2. The molecule has 1 aliphatic rings. The molecule has 32 heavy (non-hydrogen) atoms. The molecule has 1 fully saturated rings. The molecule has 166 valence electrons. The van der Waals surface area contributed by atoms with E-state index >= 15 is 0 Å². The van der Waals surface area contributed by atoms with Crippen LogP contribution in [0.5, 0.6) is 5.75 Å². The van der Waals surface area contributed by atoms with Gasteiger partial charge in [-0.15, -0.1) is 10.2 Å². The molecule has 1 N–H and O–H groups in total. The largest absolute Gasteiger partial charge is 0.481 e. The summed E-state index contributed by atoms with van der Waals surface area (Å²) in [4.78, 5) is 14.8. The first-order valence-electron chi connectivity index (χ1n) is 10.9. The van der Waals surface area contributed by atoms with Crippen molar-refractivity contribution in [3.63, 3.8) is 0 Å². The van der Waals surface area contributed by atoms with Crippen LogP contribution in [-0.4, -0.2) is 35.3 Å². The standard InChI is InChI=1S/C25H27FN4O2/c1-17-11-13-30(14-12-17)24-10-9-23(28-29-24)19-5-3-7-21(15-19)27-25(31)18(2)32-22-8-4-6-20(26)16-22/h3-10,15-18H,11-14H2,1-2H3,(H,27,31). The summed E-state index contributed by atoms with van der Waals surface area (Å²) in [6.45, 7) is 5.92. The van der Waals surface area contributed by atoms with Crippen molar-refractivity contribution in [2.75, 3.05) is 23.3 Å². The molecule has 3 aromatic rings. The van der Waals surface area contributed by atoms with Crippen LogP contribution in [0.2, 0.25) is 0 Å². The number of rotatable bonds is 6. The summed E-state index contributed by atoms with van der Waals surface area (Å²) in [6, 6.07) is 17.1. The van der Waals surface area contributed by atoms with Crippen molar-refractivity contribution in [2.24, 2.45) is 5.92 Å². The molecule has 1 aliphatic heterocycles. The van der Waals surface area contributed by atoms with E-state index in [2.05, 4.69) is 27.3 Å². The Balaban J connectivity index is 1.40. The van der Waals surface area contributed by atoms with Crippen molar-refractivity contribution in [2.45, 2.75) is 32.8 Å². The number of benzene rings is 2. The number of hydrogen-bond acceptors (Lipinski definition) is 5. The highest BCUT2D eigenvalue weighted by molar-refractivity contribution is 5.94. The summed E-state index contributed by atoms with van der Waals surface area (Å²) in [5.41, 5.74) is 2.21. The maximum Gasteiger partial charge on any atom is 0.265 e. The Labute approximate surface area is 187 Å². The molecule has 0 spiro atoms. The molecule has 6 nitrogen and oxygen atoms in total. The van der Waals surface area contributed by atoms with Gasteiger partial charge >= 0.3 is 0 Å². The molecule has 2 aromatic carbocycles. The fraction of sp³-hybridized carbons (Fsp3) is 0.320. The fourth-order valence-electron chi connectivity index (χ4n) is 3.68. The van der Waals surface area contributed by atoms with E-state index in [1.165, 1.54) is 31.0 Å². The number of aromatic nitrogens is 2. The Kier molecular flexibility index (Phi) is 6.63. The minimum absolute atomic E-state index is 0.305. The van der Waals surface area contributed by atoms with E-state index in [0.29, 0.717) is 11.4 Å². The molecule has 1 atom stereocenters. The van der Waals surface area contributed by atoms with Crippen LogP contribution < -0.4 is 15.0 Å². The number of piperidine rings is 1. The molecule has 2 heterocycles. The van der Waals surface area contributed by atoms with E-state index in [0.717, 1.165) is 36.1 Å². The van der Waals surface area contributed by atoms with Gasteiger partial charge in [-0.2, -0.15) is 0 Å². The predicted octanol–water partition coefficient (Wildman–Crippen LogP) is 4.93. The van der Waals surface area contributed by atoms with Gasteiger partial charge in [0.2, 0.25) is 0 Å². The second kappa shape index (κ2) is 9.77. The molecule has 1 aromatic heterocycles. The highest BCUT2D eigenvalue weighted by Gasteiger charge is 2.18. The smallest absolute Gasteiger partial charge is 0.265 e. The summed E-state index contributed by atoms with van der Waals surface area (Å²) >= 11 is 0. The minimum atomic E-state index is -0.785. The molecule has 4 rings (SSSR count). The second-order valence-corrected chi connectivity index (χ2v) is 8.23. The molecule has 0 aliphatic carbocycles. The third kappa shape index (κ3) is 5.41. The van der Waals surface area contributed by atoms with E-state index in [4.69, 9.17) is 4.74 Å². The Morgan fingerprint density at radius 2 is 1.88 bits per heavy atom. The van der Waals surface area contributed by atoms with Gasteiger partial charge in [-0.05, 0) is 62.1 Å². The average molecular weight is 435 g/mol. The number of nitrogens with zero attached hydrogens (tertiary/aromatic N) is 3. The topological polar surface area (TPSA) is 67.4 Å². The van der Waals surface area contributed by atoms with E-state index in [9.17, 15) is 9.18 Å². The minimum Gasteiger partial charge on any atom is -0.481 e. The van der Waals surface area contributed by atoms with Crippen LogP contribution in [0, 0.1) is 11.7 Å². The van der Waals surface area contributed by atoms with E-state index in [-0.39, 0.29) is 5.91 Å². The third-order valence-corrected chi connectivity index (χ3v) is 5.66. The highest BCUT2D eigenvalue weighted by atomic mass is 19.1. The summed E-state index contributed by atoms with van der Waals surface area (Å²) in [5, 5.41) is 11.7. The molecule has 0 saturated carbocycles. The van der Waals surface area contributed by atoms with Crippen LogP contribution in [0.25, 0.3) is 11.3 Å². The molecule has 1 amide bonds. The third-order valence-electron chi connectivity index (χ3n) is 5.66. The van der Waals surface area contributed by atoms with Crippen molar-refractivity contribution < 1.29 is 13.9 Å². The molecule has 0 bridgehead atoms. The first kappa shape index (κ1) is 21.7. The van der Waals surface area contributed by atoms with Crippen molar-refractivity contribution in [3.8, 4) is 17.0 Å². The number of hydrogen-bond donors (Lipinski definition) is 1. The zero-order valence-corrected chi connectivity index (χ0v) is 18.3. The van der Waals surface area contributed by atoms with Gasteiger partial charge in [0.05, 0.1) is 5.69 Å². The van der Waals surface area contributed by atoms with Gasteiger partial charge in [-0.25, -0.2) is 4.39 Å². The number of carbonyl (C=O) groups excluding carboxylic acids is 1. The number of carbonyl (C=O) groups is 1. The van der Waals surface area contributed by atoms with Crippen molar-refractivity contribution in [1.82, 2.24) is 10.2 Å². The Morgan fingerprint density at radius 1 is 1.09 bits per heavy atom. The lowest BCUT2D eigenvalue weighted by molar-refractivity contribution is -0.122. The van der Waals surface area contributed by atoms with Gasteiger partial charge in [0, 0.05) is 30.4 Å². The average Bonchev–Trinajstić information content (AvgIpc) is 2.80. The van der Waals surface area contributed by atoms with Crippen LogP contribution in [0.1, 0.15) is 26.7 Å². The van der Waals surface area contributed by atoms with Gasteiger partial charge < -0.3 is 15.0 Å². The highest BCUT2D eigenvalue weighted by Crippen LogP contribution is 2.24. The number of anilines is 2. The SMILES string of the molecule is CC1CCN(c2ccc(-c3cccc(NC(=O)C(C)Oc4cccc(F)c4)c3)nn2)CC1. The van der Waals surface area contributed by atoms with Crippen LogP contribution in [-0.2, 0) is 4.79 Å². The molecule has 7 heteroatoms. The van der Waals surface area contributed by atoms with Crippen molar-refractivity contribution in [3.05, 3.63) is 66.5 Å². The monoisotopic (exact) mass is 434 g/mol. The van der Waals surface area contributed by atoms with Gasteiger partial charge in [-0.3, -0.25) is 4.79 Å². The van der Waals surface area contributed by atoms with E-state index in [1.807, 2.05) is 30.3 Å². The first-order valence-corrected chi connectivity index (χ1v) is 10.9.